The molecule has 58 heavy (non-hydrogen) atoms. The Labute approximate surface area is 348 Å². The molecule has 2 saturated heterocycles. The zero-order valence-electron chi connectivity index (χ0n) is 32.5. The van der Waals surface area contributed by atoms with Gasteiger partial charge in [-0.2, -0.15) is 0 Å². The summed E-state index contributed by atoms with van der Waals surface area (Å²) < 4.78 is 33.1. The molecule has 22 heteroatoms. The van der Waals surface area contributed by atoms with Crippen molar-refractivity contribution >= 4 is 110 Å². The predicted molar refractivity (Wildman–Crippen MR) is 215 cm³/mol. The number of carbonyl (C=O) groups is 7. The first kappa shape index (κ1) is 48.4. The Kier molecular flexibility index (Phi) is 17.2. The fourth-order valence-corrected chi connectivity index (χ4v) is 7.06. The molecule has 0 bridgehead atoms. The molecule has 4 N–H and O–H groups in total. The second-order valence-electron chi connectivity index (χ2n) is 12.3. The number of fused-ring (bicyclic) bond motifs is 1. The van der Waals surface area contributed by atoms with Gasteiger partial charge in [0.2, 0.25) is 0 Å². The van der Waals surface area contributed by atoms with Crippen molar-refractivity contribution in [2.75, 3.05) is 32.4 Å². The molecule has 0 radical (unpaired) electrons. The van der Waals surface area contributed by atoms with Gasteiger partial charge in [-0.15, -0.1) is 46.4 Å². The Hall–Kier alpha value is -5.77. The maximum Gasteiger partial charge on any atom is 0.350 e. The van der Waals surface area contributed by atoms with Crippen molar-refractivity contribution in [3.8, 4) is 0 Å². The summed E-state index contributed by atoms with van der Waals surface area (Å²) in [4.78, 5) is 94.6. The molecule has 6 heterocycles. The highest BCUT2D eigenvalue weighted by Crippen LogP contribution is 2.29. The second-order valence-corrected chi connectivity index (χ2v) is 15.1. The van der Waals surface area contributed by atoms with Crippen LogP contribution in [0.25, 0.3) is 10.9 Å². The van der Waals surface area contributed by atoms with Crippen LogP contribution in [0.5, 0.6) is 0 Å². The third-order valence-corrected chi connectivity index (χ3v) is 9.75. The topological polar surface area (TPSA) is 255 Å². The number of anilines is 2. The third-order valence-electron chi connectivity index (χ3n) is 6.99. The highest BCUT2D eigenvalue weighted by atomic mass is 35.5. The molecule has 0 aliphatic carbocycles. The first-order valence-corrected chi connectivity index (χ1v) is 18.9. The van der Waals surface area contributed by atoms with Crippen molar-refractivity contribution < 1.29 is 66.7 Å². The molecule has 0 spiro atoms. The number of ether oxygens (including phenoxy) is 7. The van der Waals surface area contributed by atoms with E-state index in [-0.39, 0.29) is 41.5 Å². The van der Waals surface area contributed by atoms with Crippen LogP contribution < -0.4 is 16.5 Å². The summed E-state index contributed by atoms with van der Waals surface area (Å²) in [5.74, 6) is -6.28. The van der Waals surface area contributed by atoms with Crippen LogP contribution in [0.3, 0.4) is 0 Å². The van der Waals surface area contributed by atoms with Crippen molar-refractivity contribution in [2.24, 2.45) is 0 Å². The van der Waals surface area contributed by atoms with Crippen molar-refractivity contribution in [1.82, 2.24) is 4.98 Å². The lowest BCUT2D eigenvalue weighted by atomic mass is 10.1. The number of aryl methyl sites for hydroxylation is 1. The molecular formula is C36H40ClN3O15S3. The molecular weight excluding hydrogens is 846 g/mol. The van der Waals surface area contributed by atoms with Gasteiger partial charge in [-0.1, -0.05) is 0 Å². The van der Waals surface area contributed by atoms with Crippen LogP contribution in [0.15, 0.2) is 50.4 Å². The zero-order chi connectivity index (χ0) is 42.8. The van der Waals surface area contributed by atoms with E-state index in [9.17, 15) is 38.4 Å². The number of hydrogen-bond acceptors (Lipinski definition) is 20. The standard InChI is InChI=1S/C14H15NO6S.C10H9NO3S.C6H7NO2S.C6H8O4.ClH/c1-7(9-11(16)20-14(2,3)21-12(9)17)15-8-5-6-22-10(8)13(18)19-4;1-5-3-7(12)6-4-15-9(8(6)11-5)10(13)14-2;1-9-6(8)5-4(7)2-3-10-5;1-6(2)9-4(7)3-5(8)10-6;/h5-6,15H,1-4H3;3-4,11H,1-2H3;2-3H,7H2,1H3;3H2,1-2H3;1H. The largest absolute Gasteiger partial charge is 0.465 e. The molecule has 314 valence electrons. The average Bonchev–Trinajstić information content (AvgIpc) is 3.86. The van der Waals surface area contributed by atoms with Gasteiger partial charge < -0.3 is 49.2 Å². The van der Waals surface area contributed by atoms with E-state index in [1.54, 1.807) is 35.2 Å². The number of nitrogen functional groups attached to an aromatic ring is 1. The van der Waals surface area contributed by atoms with Crippen LogP contribution in [0.1, 0.15) is 75.7 Å². The van der Waals surface area contributed by atoms with Gasteiger partial charge in [0.05, 0.1) is 43.6 Å². The van der Waals surface area contributed by atoms with Gasteiger partial charge in [-0.3, -0.25) is 14.4 Å². The highest BCUT2D eigenvalue weighted by Gasteiger charge is 2.40. The van der Waals surface area contributed by atoms with Gasteiger partial charge in [0, 0.05) is 50.5 Å². The maximum atomic E-state index is 12.0. The number of pyridine rings is 1. The molecule has 0 amide bonds. The Morgan fingerprint density at radius 3 is 1.74 bits per heavy atom. The number of esters is 7. The van der Waals surface area contributed by atoms with E-state index in [0.717, 1.165) is 5.69 Å². The predicted octanol–water partition coefficient (Wildman–Crippen LogP) is 5.49. The molecule has 0 unspecified atom stereocenters. The molecule has 4 aromatic heterocycles. The van der Waals surface area contributed by atoms with Crippen LogP contribution in [-0.2, 0) is 52.3 Å². The minimum Gasteiger partial charge on any atom is -0.465 e. The number of aromatic amines is 1. The lowest BCUT2D eigenvalue weighted by Crippen LogP contribution is -2.42. The number of methoxy groups -OCH3 is 3. The molecule has 0 aromatic carbocycles. The second kappa shape index (κ2) is 20.6. The van der Waals surface area contributed by atoms with Gasteiger partial charge in [0.25, 0.3) is 11.6 Å². The zero-order valence-corrected chi connectivity index (χ0v) is 35.8. The number of rotatable bonds is 5. The van der Waals surface area contributed by atoms with Crippen molar-refractivity contribution in [1.29, 1.82) is 0 Å². The number of cyclic esters (lactones) is 4. The number of nitrogens with two attached hydrogens (primary N) is 1. The number of carbonyl (C=O) groups excluding carboxylic acids is 7. The summed E-state index contributed by atoms with van der Waals surface area (Å²) in [5.41, 5.74) is 7.57. The molecule has 2 aliphatic rings. The SMILES string of the molecule is CC1(C)OC(=O)CC(=O)O1.COC(=O)c1scc2c(=O)cc(C)[nH]c12.COC(=O)c1sccc1N.COC(=O)c1sccc1NC(C)=C1C(=O)OC(C)(C)OC1=O.Cl. The summed E-state index contributed by atoms with van der Waals surface area (Å²) >= 11 is 3.68. The fraction of sp³-hybridized carbons (Fsp3) is 0.333. The van der Waals surface area contributed by atoms with Gasteiger partial charge in [0.15, 0.2) is 11.0 Å². The monoisotopic (exact) mass is 885 g/mol. The summed E-state index contributed by atoms with van der Waals surface area (Å²) in [5, 5.41) is 8.49. The van der Waals surface area contributed by atoms with E-state index in [2.05, 4.69) is 34.0 Å². The van der Waals surface area contributed by atoms with Crippen molar-refractivity contribution in [3.05, 3.63) is 76.2 Å². The highest BCUT2D eigenvalue weighted by molar-refractivity contribution is 7.13. The third kappa shape index (κ3) is 12.9. The number of halogens is 1. The molecule has 2 fully saturated rings. The van der Waals surface area contributed by atoms with E-state index in [0.29, 0.717) is 36.9 Å². The van der Waals surface area contributed by atoms with Crippen molar-refractivity contribution in [2.45, 2.75) is 59.5 Å². The van der Waals surface area contributed by atoms with Gasteiger partial charge in [0.1, 0.15) is 21.1 Å². The normalized spacial score (nSPS) is 14.7. The minimum atomic E-state index is -1.29. The summed E-state index contributed by atoms with van der Waals surface area (Å²) in [6.45, 7) is 9.27. The van der Waals surface area contributed by atoms with Crippen molar-refractivity contribution in [3.63, 3.8) is 0 Å². The quantitative estimate of drug-likeness (QED) is 0.0736. The summed E-state index contributed by atoms with van der Waals surface area (Å²) in [6, 6.07) is 4.83. The number of hydrogen-bond donors (Lipinski definition) is 3. The van der Waals surface area contributed by atoms with Gasteiger partial charge in [-0.25, -0.2) is 24.0 Å². The number of nitrogens with one attached hydrogen (secondary N) is 2. The minimum absolute atomic E-state index is 0. The number of H-pyrrole nitrogens is 1. The van der Waals surface area contributed by atoms with Crippen LogP contribution in [0.4, 0.5) is 11.4 Å². The van der Waals surface area contributed by atoms with E-state index in [4.69, 9.17) is 15.2 Å². The van der Waals surface area contributed by atoms with Crippen LogP contribution in [0.2, 0.25) is 0 Å². The Morgan fingerprint density at radius 2 is 1.24 bits per heavy atom. The molecule has 6 rings (SSSR count). The fourth-order valence-electron chi connectivity index (χ4n) is 4.63. The van der Waals surface area contributed by atoms with E-state index >= 15 is 0 Å². The lowest BCUT2D eigenvalue weighted by Gasteiger charge is -2.30. The number of allylic oxidation sites excluding steroid dienone is 1. The molecule has 0 saturated carbocycles. The molecule has 4 aromatic rings. The summed E-state index contributed by atoms with van der Waals surface area (Å²) in [6.07, 6.45) is -0.274. The first-order chi connectivity index (χ1) is 26.6. The van der Waals surface area contributed by atoms with Crippen LogP contribution >= 0.6 is 46.4 Å². The number of aromatic nitrogens is 1. The smallest absolute Gasteiger partial charge is 0.350 e. The first-order valence-electron chi connectivity index (χ1n) is 16.3. The van der Waals surface area contributed by atoms with E-state index in [1.165, 1.54) is 96.0 Å². The van der Waals surface area contributed by atoms with Crippen LogP contribution in [-0.4, -0.2) is 79.7 Å². The lowest BCUT2D eigenvalue weighted by molar-refractivity contribution is -0.231. The van der Waals surface area contributed by atoms with E-state index in [1.807, 2.05) is 0 Å². The summed E-state index contributed by atoms with van der Waals surface area (Å²) in [7, 11) is 3.93. The molecule has 18 nitrogen and oxygen atoms in total. The van der Waals surface area contributed by atoms with Gasteiger partial charge in [-0.05, 0) is 36.7 Å². The Morgan fingerprint density at radius 1 is 0.759 bits per heavy atom. The van der Waals surface area contributed by atoms with E-state index < -0.39 is 47.4 Å². The van der Waals surface area contributed by atoms with Crippen LogP contribution in [0, 0.1) is 6.92 Å². The van der Waals surface area contributed by atoms with Gasteiger partial charge >= 0.3 is 41.8 Å². The number of thiophene rings is 3. The Balaban J connectivity index is 0.000000281. The molecule has 2 aliphatic heterocycles. The maximum absolute atomic E-state index is 12.0. The average molecular weight is 886 g/mol. The Bertz CT molecular complexity index is 2240. The molecule has 0 atom stereocenters.